The molecule has 108 valence electrons. The monoisotopic (exact) mass is 344 g/mol. The van der Waals surface area contributed by atoms with Crippen molar-refractivity contribution in [3.8, 4) is 0 Å². The van der Waals surface area contributed by atoms with Gasteiger partial charge < -0.3 is 5.32 Å². The summed E-state index contributed by atoms with van der Waals surface area (Å²) in [6.45, 7) is 0. The maximum Gasteiger partial charge on any atom is 0.235 e. The number of amides is 1. The van der Waals surface area contributed by atoms with Gasteiger partial charge in [0.25, 0.3) is 0 Å². The molecule has 3 nitrogen and oxygen atoms in total. The molecule has 0 unspecified atom stereocenters. The summed E-state index contributed by atoms with van der Waals surface area (Å²) < 4.78 is 1.03. The van der Waals surface area contributed by atoms with Gasteiger partial charge >= 0.3 is 0 Å². The van der Waals surface area contributed by atoms with Gasteiger partial charge in [0.1, 0.15) is 0 Å². The van der Waals surface area contributed by atoms with Crippen LogP contribution in [0.5, 0.6) is 0 Å². The van der Waals surface area contributed by atoms with Crippen molar-refractivity contribution < 1.29 is 4.79 Å². The predicted octanol–water partition coefficient (Wildman–Crippen LogP) is 4.29. The van der Waals surface area contributed by atoms with Crippen molar-refractivity contribution in [1.29, 1.82) is 0 Å². The van der Waals surface area contributed by atoms with E-state index in [0.29, 0.717) is 0 Å². The van der Waals surface area contributed by atoms with Gasteiger partial charge in [-0.05, 0) is 42.7 Å². The molecule has 4 heteroatoms. The number of anilines is 1. The molecular weight excluding hydrogens is 328 g/mol. The third kappa shape index (κ3) is 2.86. The van der Waals surface area contributed by atoms with E-state index >= 15 is 0 Å². The molecule has 1 heterocycles. The van der Waals surface area contributed by atoms with Crippen LogP contribution in [-0.2, 0) is 10.2 Å². The Morgan fingerprint density at radius 3 is 2.48 bits per heavy atom. The Morgan fingerprint density at radius 1 is 1.14 bits per heavy atom. The zero-order chi connectivity index (χ0) is 14.7. The molecule has 1 aromatic heterocycles. The van der Waals surface area contributed by atoms with E-state index in [4.69, 9.17) is 0 Å². The van der Waals surface area contributed by atoms with E-state index in [2.05, 4.69) is 38.4 Å². The number of pyridine rings is 1. The van der Waals surface area contributed by atoms with Crippen molar-refractivity contribution >= 4 is 27.5 Å². The van der Waals surface area contributed by atoms with Gasteiger partial charge in [0.05, 0.1) is 17.3 Å². The highest BCUT2D eigenvalue weighted by atomic mass is 79.9. The summed E-state index contributed by atoms with van der Waals surface area (Å²) in [6.07, 6.45) is 7.38. The van der Waals surface area contributed by atoms with Gasteiger partial charge in [0.2, 0.25) is 5.91 Å². The molecule has 1 fully saturated rings. The minimum Gasteiger partial charge on any atom is -0.324 e. The number of carbonyl (C=O) groups excluding carboxylic acids is 1. The van der Waals surface area contributed by atoms with Crippen LogP contribution in [0.25, 0.3) is 0 Å². The first-order valence-corrected chi connectivity index (χ1v) is 7.97. The molecule has 3 rings (SSSR count). The van der Waals surface area contributed by atoms with Gasteiger partial charge in [0, 0.05) is 10.7 Å². The number of hydrogen-bond acceptors (Lipinski definition) is 2. The summed E-state index contributed by atoms with van der Waals surface area (Å²) in [5, 5.41) is 3.02. The lowest BCUT2D eigenvalue weighted by atomic mass is 9.78. The molecule has 2 aromatic rings. The van der Waals surface area contributed by atoms with Crippen LogP contribution in [0.3, 0.4) is 0 Å². The smallest absolute Gasteiger partial charge is 0.235 e. The number of hydrogen-bond donors (Lipinski definition) is 1. The van der Waals surface area contributed by atoms with E-state index in [1.54, 1.807) is 12.4 Å². The first-order chi connectivity index (χ1) is 10.2. The molecule has 1 saturated carbocycles. The molecule has 0 aliphatic heterocycles. The second kappa shape index (κ2) is 5.98. The Morgan fingerprint density at radius 2 is 1.86 bits per heavy atom. The Labute approximate surface area is 132 Å². The summed E-state index contributed by atoms with van der Waals surface area (Å²) >= 11 is 3.45. The van der Waals surface area contributed by atoms with Crippen molar-refractivity contribution in [2.24, 2.45) is 0 Å². The summed E-state index contributed by atoms with van der Waals surface area (Å²) in [6, 6.07) is 11.8. The van der Waals surface area contributed by atoms with Crippen molar-refractivity contribution in [2.75, 3.05) is 5.32 Å². The molecule has 21 heavy (non-hydrogen) atoms. The highest BCUT2D eigenvalue weighted by Crippen LogP contribution is 2.42. The quantitative estimate of drug-likeness (QED) is 0.901. The van der Waals surface area contributed by atoms with E-state index in [0.717, 1.165) is 41.4 Å². The molecule has 1 aliphatic rings. The molecule has 0 radical (unpaired) electrons. The zero-order valence-electron chi connectivity index (χ0n) is 11.7. The van der Waals surface area contributed by atoms with Crippen molar-refractivity contribution in [3.63, 3.8) is 0 Å². The molecule has 1 amide bonds. The SMILES string of the molecule is O=C(Nc1cccnc1)C1(c2ccc(Br)cc2)CCCC1. The van der Waals surface area contributed by atoms with Crippen LogP contribution in [-0.4, -0.2) is 10.9 Å². The van der Waals surface area contributed by atoms with E-state index in [1.807, 2.05) is 24.3 Å². The summed E-state index contributed by atoms with van der Waals surface area (Å²) in [7, 11) is 0. The largest absolute Gasteiger partial charge is 0.324 e. The number of halogens is 1. The predicted molar refractivity (Wildman–Crippen MR) is 87.2 cm³/mol. The maximum atomic E-state index is 12.9. The lowest BCUT2D eigenvalue weighted by Gasteiger charge is -2.28. The van der Waals surface area contributed by atoms with Crippen LogP contribution in [0.2, 0.25) is 0 Å². The first-order valence-electron chi connectivity index (χ1n) is 7.18. The summed E-state index contributed by atoms with van der Waals surface area (Å²) in [4.78, 5) is 16.9. The van der Waals surface area contributed by atoms with Crippen LogP contribution < -0.4 is 5.32 Å². The van der Waals surface area contributed by atoms with Crippen LogP contribution in [0.1, 0.15) is 31.2 Å². The normalized spacial score (nSPS) is 16.6. The third-order valence-electron chi connectivity index (χ3n) is 4.21. The van der Waals surface area contributed by atoms with Crippen molar-refractivity contribution in [2.45, 2.75) is 31.1 Å². The van der Waals surface area contributed by atoms with Gasteiger partial charge in [-0.1, -0.05) is 40.9 Å². The fourth-order valence-electron chi connectivity index (χ4n) is 3.08. The minimum atomic E-state index is -0.406. The lowest BCUT2D eigenvalue weighted by molar-refractivity contribution is -0.121. The highest BCUT2D eigenvalue weighted by Gasteiger charge is 2.42. The fraction of sp³-hybridized carbons (Fsp3) is 0.294. The first kappa shape index (κ1) is 14.3. The van der Waals surface area contributed by atoms with Crippen molar-refractivity contribution in [1.82, 2.24) is 4.98 Å². The highest BCUT2D eigenvalue weighted by molar-refractivity contribution is 9.10. The number of carbonyl (C=O) groups is 1. The average Bonchev–Trinajstić information content (AvgIpc) is 3.00. The van der Waals surface area contributed by atoms with Gasteiger partial charge in [-0.25, -0.2) is 0 Å². The molecular formula is C17H17BrN2O. The average molecular weight is 345 g/mol. The van der Waals surface area contributed by atoms with Crippen LogP contribution in [0.15, 0.2) is 53.3 Å². The van der Waals surface area contributed by atoms with Crippen LogP contribution in [0, 0.1) is 0 Å². The Balaban J connectivity index is 1.90. The summed E-state index contributed by atoms with van der Waals surface area (Å²) in [5.41, 5.74) is 1.45. The maximum absolute atomic E-state index is 12.9. The summed E-state index contributed by atoms with van der Waals surface area (Å²) in [5.74, 6) is 0.0790. The van der Waals surface area contributed by atoms with Gasteiger partial charge in [-0.3, -0.25) is 9.78 Å². The standard InChI is InChI=1S/C17H17BrN2O/c18-14-7-5-13(6-8-14)17(9-1-2-10-17)16(21)20-15-4-3-11-19-12-15/h3-8,11-12H,1-2,9-10H2,(H,20,21). The van der Waals surface area contributed by atoms with Crippen molar-refractivity contribution in [3.05, 3.63) is 58.8 Å². The molecule has 1 N–H and O–H groups in total. The number of aromatic nitrogens is 1. The Hall–Kier alpha value is -1.68. The number of nitrogens with one attached hydrogen (secondary N) is 1. The minimum absolute atomic E-state index is 0.0790. The van der Waals surface area contributed by atoms with E-state index in [-0.39, 0.29) is 5.91 Å². The molecule has 0 saturated heterocycles. The van der Waals surface area contributed by atoms with Crippen LogP contribution >= 0.6 is 15.9 Å². The van der Waals surface area contributed by atoms with Gasteiger partial charge in [0.15, 0.2) is 0 Å². The number of nitrogens with zero attached hydrogens (tertiary/aromatic N) is 1. The molecule has 0 bridgehead atoms. The molecule has 1 aliphatic carbocycles. The second-order valence-corrected chi connectivity index (χ2v) is 6.41. The lowest BCUT2D eigenvalue weighted by Crippen LogP contribution is -2.38. The van der Waals surface area contributed by atoms with Gasteiger partial charge in [-0.15, -0.1) is 0 Å². The Bertz CT molecular complexity index is 619. The fourth-order valence-corrected chi connectivity index (χ4v) is 3.35. The van der Waals surface area contributed by atoms with Crippen LogP contribution in [0.4, 0.5) is 5.69 Å². The molecule has 0 atom stereocenters. The van der Waals surface area contributed by atoms with Gasteiger partial charge in [-0.2, -0.15) is 0 Å². The molecule has 0 spiro atoms. The third-order valence-corrected chi connectivity index (χ3v) is 4.74. The molecule has 1 aromatic carbocycles. The number of rotatable bonds is 3. The van der Waals surface area contributed by atoms with E-state index in [9.17, 15) is 4.79 Å². The van der Waals surface area contributed by atoms with E-state index < -0.39 is 5.41 Å². The van der Waals surface area contributed by atoms with E-state index in [1.165, 1.54) is 0 Å². The zero-order valence-corrected chi connectivity index (χ0v) is 13.3. The topological polar surface area (TPSA) is 42.0 Å². The Kier molecular flexibility index (Phi) is 4.06. The second-order valence-electron chi connectivity index (χ2n) is 5.49. The number of benzene rings is 1.